The van der Waals surface area contributed by atoms with E-state index in [0.29, 0.717) is 22.1 Å². The molecule has 0 fully saturated rings. The van der Waals surface area contributed by atoms with Crippen LogP contribution in [-0.2, 0) is 33.7 Å². The van der Waals surface area contributed by atoms with Crippen molar-refractivity contribution in [3.05, 3.63) is 73.9 Å². The summed E-state index contributed by atoms with van der Waals surface area (Å²) in [6.07, 6.45) is 8.01. The van der Waals surface area contributed by atoms with Gasteiger partial charge in [-0.15, -0.1) is 11.3 Å². The number of carbonyl (C=O) groups is 2. The van der Waals surface area contributed by atoms with Crippen LogP contribution in [0.2, 0.25) is 5.02 Å². The zero-order chi connectivity index (χ0) is 25.7. The number of aryl methyl sites for hydroxylation is 2. The van der Waals surface area contributed by atoms with Crippen LogP contribution in [0, 0.1) is 25.2 Å². The summed E-state index contributed by atoms with van der Waals surface area (Å²) in [5, 5.41) is 18.1. The van der Waals surface area contributed by atoms with Gasteiger partial charge in [0.05, 0.1) is 17.8 Å². The average molecular weight is 523 g/mol. The molecule has 2 aromatic heterocycles. The number of esters is 1. The second kappa shape index (κ2) is 11.5. The largest absolute Gasteiger partial charge is 0.452 e. The van der Waals surface area contributed by atoms with Crippen molar-refractivity contribution in [3.63, 3.8) is 0 Å². The molecule has 0 saturated carbocycles. The van der Waals surface area contributed by atoms with E-state index < -0.39 is 18.5 Å². The number of fused-ring (bicyclic) bond motifs is 1. The first-order valence-electron chi connectivity index (χ1n) is 11.8. The molecule has 1 N–H and O–H groups in total. The Balaban J connectivity index is 1.35. The third-order valence-corrected chi connectivity index (χ3v) is 7.81. The summed E-state index contributed by atoms with van der Waals surface area (Å²) in [7, 11) is 0. The fourth-order valence-corrected chi connectivity index (χ4v) is 5.79. The van der Waals surface area contributed by atoms with Gasteiger partial charge in [-0.1, -0.05) is 36.2 Å². The summed E-state index contributed by atoms with van der Waals surface area (Å²) in [4.78, 5) is 25.9. The molecule has 0 spiro atoms. The van der Waals surface area contributed by atoms with E-state index in [1.807, 2.05) is 42.8 Å². The molecule has 0 bridgehead atoms. The monoisotopic (exact) mass is 522 g/mol. The molecular weight excluding hydrogens is 496 g/mol. The number of aromatic nitrogens is 2. The number of thiophene rings is 1. The Morgan fingerprint density at radius 3 is 2.81 bits per heavy atom. The average Bonchev–Trinajstić information content (AvgIpc) is 3.20. The van der Waals surface area contributed by atoms with Gasteiger partial charge in [-0.05, 0) is 62.8 Å². The quantitative estimate of drug-likeness (QED) is 0.247. The third kappa shape index (κ3) is 5.86. The Labute approximate surface area is 219 Å². The highest BCUT2D eigenvalue weighted by Crippen LogP contribution is 2.36. The van der Waals surface area contributed by atoms with E-state index >= 15 is 0 Å². The van der Waals surface area contributed by atoms with Crippen molar-refractivity contribution in [1.82, 2.24) is 9.78 Å². The second-order valence-corrected chi connectivity index (χ2v) is 10.2. The highest BCUT2D eigenvalue weighted by Gasteiger charge is 2.21. The van der Waals surface area contributed by atoms with Gasteiger partial charge in [0.2, 0.25) is 0 Å². The number of nitrogens with zero attached hydrogens (tertiary/aromatic N) is 3. The van der Waals surface area contributed by atoms with E-state index in [2.05, 4.69) is 16.5 Å². The number of amides is 1. The van der Waals surface area contributed by atoms with Gasteiger partial charge in [0.25, 0.3) is 5.91 Å². The Morgan fingerprint density at radius 2 is 2.03 bits per heavy atom. The molecule has 4 rings (SSSR count). The number of anilines is 1. The number of nitrogens with one attached hydrogen (secondary N) is 1. The lowest BCUT2D eigenvalue weighted by molar-refractivity contribution is -0.142. The van der Waals surface area contributed by atoms with Crippen molar-refractivity contribution < 1.29 is 14.3 Å². The molecule has 1 aliphatic carbocycles. The van der Waals surface area contributed by atoms with Crippen LogP contribution in [-0.4, -0.2) is 28.3 Å². The number of rotatable bonds is 7. The molecule has 1 aliphatic rings. The number of benzene rings is 1. The van der Waals surface area contributed by atoms with E-state index in [1.54, 1.807) is 6.08 Å². The SMILES string of the molecule is Cc1nn(Cc2ccccc2Cl)c(C)c1/C=C/C(=O)OCC(=O)Nc1sc2c(c1C#N)CCCCC2. The Morgan fingerprint density at radius 1 is 1.25 bits per heavy atom. The maximum absolute atomic E-state index is 12.4. The molecule has 3 aromatic rings. The highest BCUT2D eigenvalue weighted by atomic mass is 35.5. The third-order valence-electron chi connectivity index (χ3n) is 6.23. The van der Waals surface area contributed by atoms with Crippen molar-refractivity contribution in [3.8, 4) is 6.07 Å². The molecule has 1 amide bonds. The normalized spacial score (nSPS) is 13.2. The van der Waals surface area contributed by atoms with Crippen LogP contribution in [0.1, 0.15) is 57.8 Å². The Kier molecular flexibility index (Phi) is 8.24. The fourth-order valence-electron chi connectivity index (χ4n) is 4.34. The zero-order valence-corrected chi connectivity index (χ0v) is 21.8. The van der Waals surface area contributed by atoms with Gasteiger partial charge in [0.1, 0.15) is 11.1 Å². The number of hydrogen-bond acceptors (Lipinski definition) is 6. The molecule has 36 heavy (non-hydrogen) atoms. The summed E-state index contributed by atoms with van der Waals surface area (Å²) < 4.78 is 6.97. The molecule has 0 saturated heterocycles. The lowest BCUT2D eigenvalue weighted by atomic mass is 10.1. The van der Waals surface area contributed by atoms with Gasteiger partial charge < -0.3 is 10.1 Å². The lowest BCUT2D eigenvalue weighted by Gasteiger charge is -2.06. The van der Waals surface area contributed by atoms with Crippen LogP contribution in [0.4, 0.5) is 5.00 Å². The minimum absolute atomic E-state index is 0.430. The van der Waals surface area contributed by atoms with Crippen LogP contribution in [0.15, 0.2) is 30.3 Å². The predicted octanol–water partition coefficient (Wildman–Crippen LogP) is 5.60. The lowest BCUT2D eigenvalue weighted by Crippen LogP contribution is -2.20. The van der Waals surface area contributed by atoms with Crippen LogP contribution in [0.5, 0.6) is 0 Å². The van der Waals surface area contributed by atoms with Crippen LogP contribution in [0.3, 0.4) is 0 Å². The molecule has 0 unspecified atom stereocenters. The maximum atomic E-state index is 12.4. The summed E-state index contributed by atoms with van der Waals surface area (Å²) in [5.74, 6) is -1.10. The van der Waals surface area contributed by atoms with Crippen molar-refractivity contribution in [2.75, 3.05) is 11.9 Å². The van der Waals surface area contributed by atoms with Crippen LogP contribution < -0.4 is 5.32 Å². The van der Waals surface area contributed by atoms with Gasteiger partial charge in [0, 0.05) is 27.2 Å². The van der Waals surface area contributed by atoms with Crippen molar-refractivity contribution in [2.24, 2.45) is 0 Å². The number of halogens is 1. The molecule has 9 heteroatoms. The van der Waals surface area contributed by atoms with Gasteiger partial charge in [-0.2, -0.15) is 10.4 Å². The van der Waals surface area contributed by atoms with Crippen molar-refractivity contribution in [2.45, 2.75) is 52.5 Å². The molecule has 2 heterocycles. The van der Waals surface area contributed by atoms with Gasteiger partial charge in [-0.25, -0.2) is 4.79 Å². The second-order valence-electron chi connectivity index (χ2n) is 8.70. The highest BCUT2D eigenvalue weighted by molar-refractivity contribution is 7.16. The van der Waals surface area contributed by atoms with E-state index in [0.717, 1.165) is 60.2 Å². The number of hydrogen-bond donors (Lipinski definition) is 1. The Hall–Kier alpha value is -3.41. The Bertz CT molecular complexity index is 1370. The molecular formula is C27H27ClN4O3S. The van der Waals surface area contributed by atoms with E-state index in [-0.39, 0.29) is 0 Å². The first-order chi connectivity index (χ1) is 17.4. The standard InChI is InChI=1S/C27H27ClN4O3S/c1-17-20(18(2)32(31-17)15-19-8-6-7-10-23(19)28)12-13-26(34)35-16-25(33)30-27-22(14-29)21-9-4-3-5-11-24(21)36-27/h6-8,10,12-13H,3-5,9,11,15-16H2,1-2H3,(H,30,33)/b13-12+. The minimum atomic E-state index is -0.634. The maximum Gasteiger partial charge on any atom is 0.331 e. The molecule has 186 valence electrons. The van der Waals surface area contributed by atoms with Crippen molar-refractivity contribution >= 4 is 45.9 Å². The first kappa shape index (κ1) is 25.7. The summed E-state index contributed by atoms with van der Waals surface area (Å²) >= 11 is 7.72. The zero-order valence-electron chi connectivity index (χ0n) is 20.3. The van der Waals surface area contributed by atoms with Gasteiger partial charge >= 0.3 is 5.97 Å². The molecule has 0 radical (unpaired) electrons. The van der Waals surface area contributed by atoms with Crippen molar-refractivity contribution in [1.29, 1.82) is 5.26 Å². The molecule has 0 atom stereocenters. The fraction of sp³-hybridized carbons (Fsp3) is 0.333. The molecule has 0 aliphatic heterocycles. The van der Waals surface area contributed by atoms with E-state index in [1.165, 1.54) is 22.3 Å². The summed E-state index contributed by atoms with van der Waals surface area (Å²) in [5.41, 5.74) is 5.00. The minimum Gasteiger partial charge on any atom is -0.452 e. The molecule has 7 nitrogen and oxygen atoms in total. The van der Waals surface area contributed by atoms with Gasteiger partial charge in [-0.3, -0.25) is 9.48 Å². The topological polar surface area (TPSA) is 97.0 Å². The van der Waals surface area contributed by atoms with Crippen LogP contribution >= 0.6 is 22.9 Å². The van der Waals surface area contributed by atoms with Gasteiger partial charge in [0.15, 0.2) is 6.61 Å². The first-order valence-corrected chi connectivity index (χ1v) is 13.0. The van der Waals surface area contributed by atoms with E-state index in [9.17, 15) is 14.9 Å². The number of ether oxygens (including phenoxy) is 1. The van der Waals surface area contributed by atoms with E-state index in [4.69, 9.17) is 16.3 Å². The predicted molar refractivity (Wildman–Crippen MR) is 141 cm³/mol. The molecule has 1 aromatic carbocycles. The van der Waals surface area contributed by atoms with Crippen LogP contribution in [0.25, 0.3) is 6.08 Å². The smallest absolute Gasteiger partial charge is 0.331 e. The summed E-state index contributed by atoms with van der Waals surface area (Å²) in [6.45, 7) is 3.87. The number of nitriles is 1. The number of carbonyl (C=O) groups excluding carboxylic acids is 2. The summed E-state index contributed by atoms with van der Waals surface area (Å²) in [6, 6.07) is 9.82.